The van der Waals surface area contributed by atoms with E-state index in [-0.39, 0.29) is 30.7 Å². The number of carbonyl (C=O) groups is 2. The quantitative estimate of drug-likeness (QED) is 0.195. The van der Waals surface area contributed by atoms with Crippen LogP contribution >= 0.6 is 15.2 Å². The van der Waals surface area contributed by atoms with Gasteiger partial charge in [0.25, 0.3) is 0 Å². The Bertz CT molecular complexity index is 577. The molecule has 0 unspecified atom stereocenters. The number of carbonyl (C=O) groups excluding carboxylic acids is 2. The van der Waals surface area contributed by atoms with Crippen LogP contribution in [-0.4, -0.2) is 83.8 Å². The Morgan fingerprint density at radius 2 is 1.35 bits per heavy atom. The van der Waals surface area contributed by atoms with Gasteiger partial charge in [0.15, 0.2) is 0 Å². The summed E-state index contributed by atoms with van der Waals surface area (Å²) in [6.45, 7) is 4.24. The molecular formula is C18H39N3O8P2. The average molecular weight is 487 g/mol. The van der Waals surface area contributed by atoms with E-state index < -0.39 is 15.2 Å². The zero-order valence-electron chi connectivity index (χ0n) is 19.4. The molecule has 0 aliphatic carbocycles. The SMILES string of the molecule is CCNCCC(=O)CCCNC(=O)CCCN(CP(=O)(OC)OC)CP(=O)(OC)OC. The van der Waals surface area contributed by atoms with Crippen LogP contribution in [0.2, 0.25) is 0 Å². The number of Topliss-reactive ketones (excluding diaryl/α,β-unsaturated/α-hetero) is 1. The smallest absolute Gasteiger partial charge is 0.344 e. The molecule has 0 fully saturated rings. The highest BCUT2D eigenvalue weighted by molar-refractivity contribution is 7.54. The molecule has 0 bridgehead atoms. The molecule has 13 heteroatoms. The van der Waals surface area contributed by atoms with Crippen LogP contribution in [0.3, 0.4) is 0 Å². The van der Waals surface area contributed by atoms with Gasteiger partial charge in [-0.25, -0.2) is 0 Å². The first-order chi connectivity index (χ1) is 14.7. The lowest BCUT2D eigenvalue weighted by atomic mass is 10.1. The summed E-state index contributed by atoms with van der Waals surface area (Å²) in [5.41, 5.74) is 0. The van der Waals surface area contributed by atoms with Gasteiger partial charge in [-0.15, -0.1) is 0 Å². The van der Waals surface area contributed by atoms with Crippen molar-refractivity contribution in [3.05, 3.63) is 0 Å². The molecule has 0 saturated carbocycles. The van der Waals surface area contributed by atoms with Crippen molar-refractivity contribution in [3.8, 4) is 0 Å². The summed E-state index contributed by atoms with van der Waals surface area (Å²) in [6.07, 6.45) is 1.94. The van der Waals surface area contributed by atoms with E-state index in [1.807, 2.05) is 6.92 Å². The first-order valence-corrected chi connectivity index (χ1v) is 13.8. The molecule has 11 nitrogen and oxygen atoms in total. The highest BCUT2D eigenvalue weighted by atomic mass is 31.2. The average Bonchev–Trinajstić information content (AvgIpc) is 2.76. The fourth-order valence-electron chi connectivity index (χ4n) is 2.65. The van der Waals surface area contributed by atoms with Gasteiger partial charge < -0.3 is 28.7 Å². The molecule has 0 aromatic heterocycles. The van der Waals surface area contributed by atoms with Crippen LogP contribution in [0.1, 0.15) is 39.0 Å². The van der Waals surface area contributed by atoms with Crippen molar-refractivity contribution in [1.29, 1.82) is 0 Å². The third-order valence-corrected chi connectivity index (χ3v) is 8.24. The molecule has 0 saturated heterocycles. The largest absolute Gasteiger partial charge is 0.356 e. The molecule has 0 aromatic carbocycles. The molecule has 0 heterocycles. The number of nitrogens with zero attached hydrogens (tertiary/aromatic N) is 1. The second kappa shape index (κ2) is 16.9. The van der Waals surface area contributed by atoms with Crippen molar-refractivity contribution in [2.75, 3.05) is 67.2 Å². The van der Waals surface area contributed by atoms with Crippen LogP contribution in [0.15, 0.2) is 0 Å². The van der Waals surface area contributed by atoms with Gasteiger partial charge in [0.1, 0.15) is 18.4 Å². The van der Waals surface area contributed by atoms with Crippen molar-refractivity contribution >= 4 is 26.9 Å². The third kappa shape index (κ3) is 14.2. The van der Waals surface area contributed by atoms with Crippen LogP contribution in [0.5, 0.6) is 0 Å². The normalized spacial score (nSPS) is 12.3. The molecule has 31 heavy (non-hydrogen) atoms. The molecule has 0 aliphatic heterocycles. The topological polar surface area (TPSA) is 133 Å². The Hall–Kier alpha value is -0.640. The Kier molecular flexibility index (Phi) is 16.6. The minimum atomic E-state index is -3.39. The molecule has 0 radical (unpaired) electrons. The molecule has 0 atom stereocenters. The third-order valence-electron chi connectivity index (χ3n) is 4.52. The fourth-order valence-corrected chi connectivity index (χ4v) is 5.03. The Labute approximate surface area is 186 Å². The maximum absolute atomic E-state index is 12.5. The zero-order chi connectivity index (χ0) is 23.8. The van der Waals surface area contributed by atoms with E-state index in [0.29, 0.717) is 45.3 Å². The van der Waals surface area contributed by atoms with E-state index in [9.17, 15) is 18.7 Å². The van der Waals surface area contributed by atoms with Gasteiger partial charge in [-0.05, 0) is 25.9 Å². The summed E-state index contributed by atoms with van der Waals surface area (Å²) in [6, 6.07) is 0. The maximum atomic E-state index is 12.5. The van der Waals surface area contributed by atoms with E-state index in [2.05, 4.69) is 10.6 Å². The number of nitrogens with one attached hydrogen (secondary N) is 2. The monoisotopic (exact) mass is 487 g/mol. The van der Waals surface area contributed by atoms with Crippen LogP contribution < -0.4 is 10.6 Å². The fraction of sp³-hybridized carbons (Fsp3) is 0.889. The van der Waals surface area contributed by atoms with Crippen LogP contribution in [-0.2, 0) is 36.8 Å². The lowest BCUT2D eigenvalue weighted by Gasteiger charge is -2.27. The lowest BCUT2D eigenvalue weighted by Crippen LogP contribution is -2.30. The van der Waals surface area contributed by atoms with E-state index in [1.54, 1.807) is 4.90 Å². The minimum absolute atomic E-state index is 0.118. The second-order valence-electron chi connectivity index (χ2n) is 6.83. The highest BCUT2D eigenvalue weighted by Gasteiger charge is 2.31. The van der Waals surface area contributed by atoms with Gasteiger partial charge in [-0.1, -0.05) is 6.92 Å². The van der Waals surface area contributed by atoms with Gasteiger partial charge in [0.05, 0.1) is 0 Å². The second-order valence-corrected chi connectivity index (χ2v) is 11.3. The summed E-state index contributed by atoms with van der Waals surface area (Å²) < 4.78 is 44.7. The Balaban J connectivity index is 4.43. The van der Waals surface area contributed by atoms with Crippen molar-refractivity contribution in [2.45, 2.75) is 39.0 Å². The molecule has 0 aliphatic rings. The van der Waals surface area contributed by atoms with E-state index in [1.165, 1.54) is 28.4 Å². The molecule has 184 valence electrons. The summed E-state index contributed by atoms with van der Waals surface area (Å²) in [5, 5.41) is 5.89. The van der Waals surface area contributed by atoms with Gasteiger partial charge in [-0.3, -0.25) is 23.6 Å². The number of amides is 1. The Morgan fingerprint density at radius 1 is 0.806 bits per heavy atom. The summed E-state index contributed by atoms with van der Waals surface area (Å²) in [5.74, 6) is 0.0238. The van der Waals surface area contributed by atoms with Crippen molar-refractivity contribution in [1.82, 2.24) is 15.5 Å². The van der Waals surface area contributed by atoms with Crippen molar-refractivity contribution in [2.24, 2.45) is 0 Å². The Morgan fingerprint density at radius 3 is 1.84 bits per heavy atom. The van der Waals surface area contributed by atoms with Crippen molar-refractivity contribution < 1.29 is 36.8 Å². The predicted molar refractivity (Wildman–Crippen MR) is 119 cm³/mol. The predicted octanol–water partition coefficient (Wildman–Crippen LogP) is 2.42. The molecule has 0 rings (SSSR count). The van der Waals surface area contributed by atoms with Crippen LogP contribution in [0, 0.1) is 0 Å². The number of hydrogen-bond acceptors (Lipinski definition) is 10. The lowest BCUT2D eigenvalue weighted by molar-refractivity contribution is -0.122. The summed E-state index contributed by atoms with van der Waals surface area (Å²) >= 11 is 0. The van der Waals surface area contributed by atoms with E-state index in [4.69, 9.17) is 18.1 Å². The van der Waals surface area contributed by atoms with E-state index in [0.717, 1.165) is 6.54 Å². The first kappa shape index (κ1) is 30.4. The van der Waals surface area contributed by atoms with Gasteiger partial charge >= 0.3 is 15.2 Å². The van der Waals surface area contributed by atoms with E-state index >= 15 is 0 Å². The highest BCUT2D eigenvalue weighted by Crippen LogP contribution is 2.51. The standard InChI is InChI=1S/C18H39N3O8P2/c1-6-19-13-11-17(22)9-7-12-20-18(23)10-8-14-21(15-30(24,26-2)27-3)16-31(25,28-4)29-5/h19H,6-16H2,1-5H3,(H,20,23). The summed E-state index contributed by atoms with van der Waals surface area (Å²) in [7, 11) is -1.70. The maximum Gasteiger partial charge on any atom is 0.344 e. The van der Waals surface area contributed by atoms with Crippen LogP contribution in [0.25, 0.3) is 0 Å². The van der Waals surface area contributed by atoms with Gasteiger partial charge in [0, 0.05) is 60.8 Å². The molecule has 1 amide bonds. The number of rotatable bonds is 20. The van der Waals surface area contributed by atoms with Crippen molar-refractivity contribution in [3.63, 3.8) is 0 Å². The molecule has 2 N–H and O–H groups in total. The number of ketones is 1. The molecule has 0 spiro atoms. The van der Waals surface area contributed by atoms with Crippen LogP contribution in [0.4, 0.5) is 0 Å². The zero-order valence-corrected chi connectivity index (χ0v) is 21.2. The summed E-state index contributed by atoms with van der Waals surface area (Å²) in [4.78, 5) is 25.3. The first-order valence-electron chi connectivity index (χ1n) is 10.3. The number of hydrogen-bond donors (Lipinski definition) is 2. The van der Waals surface area contributed by atoms with Gasteiger partial charge in [-0.2, -0.15) is 0 Å². The minimum Gasteiger partial charge on any atom is -0.356 e. The molecule has 0 aromatic rings. The molecular weight excluding hydrogens is 448 g/mol. The van der Waals surface area contributed by atoms with Gasteiger partial charge in [0.2, 0.25) is 5.91 Å².